The van der Waals surface area contributed by atoms with Gasteiger partial charge in [0.15, 0.2) is 0 Å². The molecule has 1 aliphatic heterocycles. The van der Waals surface area contributed by atoms with Crippen molar-refractivity contribution in [1.82, 2.24) is 0 Å². The van der Waals surface area contributed by atoms with Crippen molar-refractivity contribution < 1.29 is 27.8 Å². The molecule has 2 N–H and O–H groups in total. The minimum Gasteiger partial charge on any atom is -0.497 e. The van der Waals surface area contributed by atoms with Gasteiger partial charge >= 0.3 is 6.09 Å². The predicted octanol–water partition coefficient (Wildman–Crippen LogP) is 4.20. The van der Waals surface area contributed by atoms with Gasteiger partial charge in [-0.3, -0.25) is 0 Å². The first-order valence-corrected chi connectivity index (χ1v) is 7.99. The molecule has 1 aliphatic rings. The Kier molecular flexibility index (Phi) is 4.48. The molecular weight excluding hydrogens is 344 g/mol. The Morgan fingerprint density at radius 2 is 1.88 bits per heavy atom. The number of fused-ring (bicyclic) bond motifs is 1. The standard InChI is InChI=1S/C19H19F2NO4/c1-19(2)9-25-16-8-12(11-5-4-10(24-3)6-14(11)20)15(21)7-13(16)17(19)26-18(22)23/h4-8,17H,9H2,1-3H3,(H2,22,23). The number of nitrogens with two attached hydrogens (primary N) is 1. The van der Waals surface area contributed by atoms with Crippen molar-refractivity contribution >= 4 is 6.09 Å². The van der Waals surface area contributed by atoms with Crippen molar-refractivity contribution in [3.8, 4) is 22.6 Å². The van der Waals surface area contributed by atoms with E-state index in [4.69, 9.17) is 19.9 Å². The molecule has 0 spiro atoms. The highest BCUT2D eigenvalue weighted by Gasteiger charge is 2.41. The van der Waals surface area contributed by atoms with Crippen LogP contribution in [0.1, 0.15) is 25.5 Å². The molecule has 5 nitrogen and oxygen atoms in total. The van der Waals surface area contributed by atoms with Crippen molar-refractivity contribution in [3.63, 3.8) is 0 Å². The summed E-state index contributed by atoms with van der Waals surface area (Å²) < 4.78 is 45.0. The molecule has 138 valence electrons. The third kappa shape index (κ3) is 3.16. The Morgan fingerprint density at radius 1 is 1.19 bits per heavy atom. The number of hydrogen-bond acceptors (Lipinski definition) is 4. The van der Waals surface area contributed by atoms with Crippen LogP contribution < -0.4 is 15.2 Å². The molecule has 0 bridgehead atoms. The molecule has 1 unspecified atom stereocenters. The summed E-state index contributed by atoms with van der Waals surface area (Å²) in [5.41, 5.74) is 5.03. The van der Waals surface area contributed by atoms with E-state index in [-0.39, 0.29) is 17.7 Å². The van der Waals surface area contributed by atoms with Crippen molar-refractivity contribution in [3.05, 3.63) is 47.5 Å². The summed E-state index contributed by atoms with van der Waals surface area (Å²) in [5.74, 6) is -0.629. The molecule has 26 heavy (non-hydrogen) atoms. The van der Waals surface area contributed by atoms with Crippen LogP contribution in [0.5, 0.6) is 11.5 Å². The highest BCUT2D eigenvalue weighted by molar-refractivity contribution is 5.69. The quantitative estimate of drug-likeness (QED) is 0.887. The first-order valence-electron chi connectivity index (χ1n) is 7.99. The number of methoxy groups -OCH3 is 1. The van der Waals surface area contributed by atoms with E-state index in [2.05, 4.69) is 0 Å². The molecule has 7 heteroatoms. The van der Waals surface area contributed by atoms with Crippen LogP contribution in [0.2, 0.25) is 0 Å². The number of halogens is 2. The number of carbonyl (C=O) groups is 1. The molecule has 3 rings (SSSR count). The van der Waals surface area contributed by atoms with Gasteiger partial charge in [0.25, 0.3) is 0 Å². The van der Waals surface area contributed by atoms with Gasteiger partial charge in [0, 0.05) is 28.2 Å². The van der Waals surface area contributed by atoms with Gasteiger partial charge in [-0.15, -0.1) is 0 Å². The highest BCUT2D eigenvalue weighted by Crippen LogP contribution is 2.47. The fraction of sp³-hybridized carbons (Fsp3) is 0.316. The zero-order chi connectivity index (χ0) is 19.1. The van der Waals surface area contributed by atoms with Gasteiger partial charge in [-0.2, -0.15) is 0 Å². The maximum atomic E-state index is 14.8. The minimum absolute atomic E-state index is 0.0430. The number of ether oxygens (including phenoxy) is 3. The van der Waals surface area contributed by atoms with Gasteiger partial charge in [0.05, 0.1) is 13.7 Å². The first kappa shape index (κ1) is 18.0. The third-order valence-corrected chi connectivity index (χ3v) is 4.39. The molecule has 0 aliphatic carbocycles. The number of hydrogen-bond donors (Lipinski definition) is 1. The van der Waals surface area contributed by atoms with E-state index in [0.29, 0.717) is 17.1 Å². The minimum atomic E-state index is -0.957. The smallest absolute Gasteiger partial charge is 0.405 e. The Morgan fingerprint density at radius 3 is 2.50 bits per heavy atom. The zero-order valence-corrected chi connectivity index (χ0v) is 14.6. The molecule has 0 radical (unpaired) electrons. The summed E-state index contributed by atoms with van der Waals surface area (Å²) in [6.45, 7) is 3.87. The Labute approximate surface area is 149 Å². The molecular formula is C19H19F2NO4. The van der Waals surface area contributed by atoms with E-state index in [1.54, 1.807) is 6.07 Å². The molecule has 2 aromatic rings. The van der Waals surface area contributed by atoms with Crippen molar-refractivity contribution in [2.24, 2.45) is 11.1 Å². The summed E-state index contributed by atoms with van der Waals surface area (Å²) in [6.07, 6.45) is -1.73. The molecule has 2 aromatic carbocycles. The predicted molar refractivity (Wildman–Crippen MR) is 91.0 cm³/mol. The molecule has 0 aromatic heterocycles. The largest absolute Gasteiger partial charge is 0.497 e. The van der Waals surface area contributed by atoms with Crippen molar-refractivity contribution in [1.29, 1.82) is 0 Å². The van der Waals surface area contributed by atoms with Gasteiger partial charge in [0.2, 0.25) is 0 Å². The summed E-state index contributed by atoms with van der Waals surface area (Å²) in [7, 11) is 1.42. The van der Waals surface area contributed by atoms with Crippen LogP contribution in [-0.2, 0) is 4.74 Å². The van der Waals surface area contributed by atoms with Crippen molar-refractivity contribution in [2.45, 2.75) is 20.0 Å². The zero-order valence-electron chi connectivity index (χ0n) is 14.6. The highest BCUT2D eigenvalue weighted by atomic mass is 19.1. The lowest BCUT2D eigenvalue weighted by Crippen LogP contribution is -2.37. The SMILES string of the molecule is COc1ccc(-c2cc3c(cc2F)C(OC(N)=O)C(C)(C)CO3)c(F)c1. The van der Waals surface area contributed by atoms with E-state index in [0.717, 1.165) is 0 Å². The summed E-state index contributed by atoms with van der Waals surface area (Å²) >= 11 is 0. The average molecular weight is 363 g/mol. The Bertz CT molecular complexity index is 867. The Balaban J connectivity index is 2.09. The van der Waals surface area contributed by atoms with E-state index in [1.807, 2.05) is 13.8 Å². The number of benzene rings is 2. The summed E-state index contributed by atoms with van der Waals surface area (Å²) in [4.78, 5) is 11.2. The number of rotatable bonds is 3. The normalized spacial score (nSPS) is 17.8. The third-order valence-electron chi connectivity index (χ3n) is 4.39. The van der Waals surface area contributed by atoms with Crippen LogP contribution in [0.25, 0.3) is 11.1 Å². The average Bonchev–Trinajstić information content (AvgIpc) is 2.57. The van der Waals surface area contributed by atoms with Gasteiger partial charge in [-0.1, -0.05) is 13.8 Å². The number of primary amides is 1. The van der Waals surface area contributed by atoms with Crippen LogP contribution in [0, 0.1) is 17.0 Å². The van der Waals surface area contributed by atoms with Gasteiger partial charge in [0.1, 0.15) is 29.2 Å². The van der Waals surface area contributed by atoms with Gasteiger partial charge in [-0.05, 0) is 24.3 Å². The van der Waals surface area contributed by atoms with E-state index in [9.17, 15) is 13.6 Å². The lowest BCUT2D eigenvalue weighted by atomic mass is 9.80. The van der Waals surface area contributed by atoms with Crippen LogP contribution in [0.4, 0.5) is 13.6 Å². The number of carbonyl (C=O) groups excluding carboxylic acids is 1. The molecule has 0 fully saturated rings. The fourth-order valence-electron chi connectivity index (χ4n) is 3.05. The van der Waals surface area contributed by atoms with Crippen LogP contribution in [-0.4, -0.2) is 19.8 Å². The van der Waals surface area contributed by atoms with E-state index in [1.165, 1.54) is 31.4 Å². The summed E-state index contributed by atoms with van der Waals surface area (Å²) in [5, 5.41) is 0. The van der Waals surface area contributed by atoms with Gasteiger partial charge < -0.3 is 19.9 Å². The van der Waals surface area contributed by atoms with Crippen LogP contribution >= 0.6 is 0 Å². The monoisotopic (exact) mass is 363 g/mol. The van der Waals surface area contributed by atoms with E-state index >= 15 is 0 Å². The lowest BCUT2D eigenvalue weighted by Gasteiger charge is -2.38. The van der Waals surface area contributed by atoms with E-state index < -0.39 is 29.2 Å². The second kappa shape index (κ2) is 6.48. The fourth-order valence-corrected chi connectivity index (χ4v) is 3.05. The summed E-state index contributed by atoms with van der Waals surface area (Å²) in [6, 6.07) is 6.76. The Hall–Kier alpha value is -2.83. The lowest BCUT2D eigenvalue weighted by molar-refractivity contribution is -0.0178. The molecule has 1 atom stereocenters. The van der Waals surface area contributed by atoms with Crippen LogP contribution in [0.3, 0.4) is 0 Å². The molecule has 1 heterocycles. The second-order valence-electron chi connectivity index (χ2n) is 6.81. The first-order chi connectivity index (χ1) is 12.2. The number of amides is 1. The maximum Gasteiger partial charge on any atom is 0.405 e. The second-order valence-corrected chi connectivity index (χ2v) is 6.81. The maximum absolute atomic E-state index is 14.8. The molecule has 0 saturated carbocycles. The van der Waals surface area contributed by atoms with Crippen molar-refractivity contribution in [2.75, 3.05) is 13.7 Å². The topological polar surface area (TPSA) is 70.8 Å². The van der Waals surface area contributed by atoms with Crippen LogP contribution in [0.15, 0.2) is 30.3 Å². The molecule has 1 amide bonds. The molecule has 0 saturated heterocycles. The van der Waals surface area contributed by atoms with Gasteiger partial charge in [-0.25, -0.2) is 13.6 Å².